The van der Waals surface area contributed by atoms with Gasteiger partial charge in [-0.3, -0.25) is 14.5 Å². The maximum atomic E-state index is 13.5. The van der Waals surface area contributed by atoms with E-state index in [9.17, 15) is 19.1 Å². The fraction of sp³-hybridized carbons (Fsp3) is 0.118. The van der Waals surface area contributed by atoms with Gasteiger partial charge in [0.05, 0.1) is 11.6 Å². The Morgan fingerprint density at radius 2 is 1.73 bits per heavy atom. The van der Waals surface area contributed by atoms with Crippen LogP contribution in [-0.4, -0.2) is 27.0 Å². The lowest BCUT2D eigenvalue weighted by Crippen LogP contribution is -2.29. The molecule has 6 rings (SSSR count). The molecule has 45 heavy (non-hydrogen) atoms. The summed E-state index contributed by atoms with van der Waals surface area (Å²) in [6.45, 7) is 2.40. The number of Topliss-reactive ketones (excluding diaryl/α,β-unsaturated/α-hetero) is 1. The van der Waals surface area contributed by atoms with Crippen molar-refractivity contribution < 1.29 is 23.8 Å². The van der Waals surface area contributed by atoms with Crippen LogP contribution in [0.3, 0.4) is 0 Å². The highest BCUT2D eigenvalue weighted by Gasteiger charge is 2.48. The Balaban J connectivity index is 1.29. The van der Waals surface area contributed by atoms with Crippen LogP contribution in [0.2, 0.25) is 0 Å². The standard InChI is InChI=1S/C34H25BrFN3O4S2/c1-20-4-2-5-22(16-20)18-43-27-14-10-23(11-15-27)30(40)28-29(24-6-3-7-25(35)17-24)39(32(42)31(28)41)33-37-38-34(45-33)44-19-21-8-12-26(36)13-9-21/h2-17,29,40H,18-19H2,1H3. The van der Waals surface area contributed by atoms with Crippen molar-refractivity contribution in [3.8, 4) is 5.75 Å². The van der Waals surface area contributed by atoms with Crippen LogP contribution in [-0.2, 0) is 21.9 Å². The number of benzene rings is 4. The lowest BCUT2D eigenvalue weighted by Gasteiger charge is -2.22. The van der Waals surface area contributed by atoms with Crippen LogP contribution in [0.25, 0.3) is 5.76 Å². The zero-order valence-corrected chi connectivity index (χ0v) is 27.0. The lowest BCUT2D eigenvalue weighted by molar-refractivity contribution is -0.132. The molecule has 7 nitrogen and oxygen atoms in total. The Kier molecular flexibility index (Phi) is 9.11. The van der Waals surface area contributed by atoms with E-state index in [4.69, 9.17) is 4.74 Å². The second-order valence-corrected chi connectivity index (χ2v) is 13.4. The molecule has 4 aromatic carbocycles. The van der Waals surface area contributed by atoms with E-state index in [0.29, 0.717) is 33.6 Å². The van der Waals surface area contributed by atoms with Gasteiger partial charge in [0.2, 0.25) is 5.13 Å². The Morgan fingerprint density at radius 1 is 0.978 bits per heavy atom. The maximum Gasteiger partial charge on any atom is 0.301 e. The highest BCUT2D eigenvalue weighted by Crippen LogP contribution is 2.44. The van der Waals surface area contributed by atoms with Crippen molar-refractivity contribution in [1.29, 1.82) is 0 Å². The molecule has 1 N–H and O–H groups in total. The van der Waals surface area contributed by atoms with Crippen molar-refractivity contribution in [1.82, 2.24) is 10.2 Å². The lowest BCUT2D eigenvalue weighted by atomic mass is 9.95. The number of rotatable bonds is 9. The number of anilines is 1. The van der Waals surface area contributed by atoms with Gasteiger partial charge >= 0.3 is 5.91 Å². The van der Waals surface area contributed by atoms with Crippen LogP contribution < -0.4 is 9.64 Å². The number of carbonyl (C=O) groups excluding carboxylic acids is 2. The summed E-state index contributed by atoms with van der Waals surface area (Å²) in [5.74, 6) is -1.14. The summed E-state index contributed by atoms with van der Waals surface area (Å²) in [4.78, 5) is 28.4. The Morgan fingerprint density at radius 3 is 2.47 bits per heavy atom. The number of hydrogen-bond donors (Lipinski definition) is 1. The number of halogens is 2. The van der Waals surface area contributed by atoms with E-state index in [-0.39, 0.29) is 22.3 Å². The summed E-state index contributed by atoms with van der Waals surface area (Å²) >= 11 is 6.03. The van der Waals surface area contributed by atoms with E-state index in [1.54, 1.807) is 54.6 Å². The molecule has 1 aliphatic rings. The fourth-order valence-electron chi connectivity index (χ4n) is 4.94. The molecule has 0 bridgehead atoms. The van der Waals surface area contributed by atoms with Gasteiger partial charge in [-0.05, 0) is 72.1 Å². The van der Waals surface area contributed by atoms with Crippen LogP contribution >= 0.6 is 39.0 Å². The smallest absolute Gasteiger partial charge is 0.301 e. The minimum atomic E-state index is -0.942. The Hall–Kier alpha value is -4.32. The summed E-state index contributed by atoms with van der Waals surface area (Å²) in [5, 5.41) is 20.2. The SMILES string of the molecule is Cc1cccc(COc2ccc(C(O)=C3C(=O)C(=O)N(c4nnc(SCc5ccc(F)cc5)s4)C3c3cccc(Br)c3)cc2)c1. The number of aryl methyl sites for hydroxylation is 1. The fourth-order valence-corrected chi connectivity index (χ4v) is 7.18. The number of ether oxygens (including phenoxy) is 1. The second-order valence-electron chi connectivity index (χ2n) is 10.3. The maximum absolute atomic E-state index is 13.5. The quantitative estimate of drug-likeness (QED) is 0.0544. The number of aromatic nitrogens is 2. The number of aliphatic hydroxyl groups is 1. The van der Waals surface area contributed by atoms with Gasteiger partial charge < -0.3 is 9.84 Å². The number of ketones is 1. The molecule has 1 unspecified atom stereocenters. The van der Waals surface area contributed by atoms with Gasteiger partial charge in [0.1, 0.15) is 23.9 Å². The first-order chi connectivity index (χ1) is 21.8. The van der Waals surface area contributed by atoms with E-state index < -0.39 is 17.7 Å². The van der Waals surface area contributed by atoms with E-state index >= 15 is 0 Å². The third kappa shape index (κ3) is 6.85. The first kappa shape index (κ1) is 30.7. The predicted octanol–water partition coefficient (Wildman–Crippen LogP) is 8.25. The van der Waals surface area contributed by atoms with Crippen molar-refractivity contribution in [2.75, 3.05) is 4.90 Å². The summed E-state index contributed by atoms with van der Waals surface area (Å²) < 4.78 is 20.5. The molecule has 5 aromatic rings. The van der Waals surface area contributed by atoms with Crippen molar-refractivity contribution in [2.24, 2.45) is 0 Å². The molecule has 1 saturated heterocycles. The average molecular weight is 703 g/mol. The zero-order chi connectivity index (χ0) is 31.5. The summed E-state index contributed by atoms with van der Waals surface area (Å²) in [7, 11) is 0. The van der Waals surface area contributed by atoms with Crippen molar-refractivity contribution >= 4 is 61.6 Å². The van der Waals surface area contributed by atoms with E-state index in [1.165, 1.54) is 28.8 Å². The molecule has 2 heterocycles. The van der Waals surface area contributed by atoms with Gasteiger partial charge in [-0.2, -0.15) is 0 Å². The molecule has 0 radical (unpaired) electrons. The first-order valence-corrected chi connectivity index (χ1v) is 16.4. The number of nitrogens with zero attached hydrogens (tertiary/aromatic N) is 3. The molecule has 11 heteroatoms. The van der Waals surface area contributed by atoms with E-state index in [1.807, 2.05) is 37.3 Å². The van der Waals surface area contributed by atoms with Crippen molar-refractivity contribution in [2.45, 2.75) is 29.7 Å². The molecule has 1 atom stereocenters. The highest BCUT2D eigenvalue weighted by molar-refractivity contribution is 9.10. The Labute approximate surface area is 275 Å². The average Bonchev–Trinajstić information content (AvgIpc) is 3.61. The zero-order valence-electron chi connectivity index (χ0n) is 23.8. The van der Waals surface area contributed by atoms with Crippen molar-refractivity contribution in [3.63, 3.8) is 0 Å². The third-order valence-electron chi connectivity index (χ3n) is 7.10. The van der Waals surface area contributed by atoms with Crippen LogP contribution in [0.15, 0.2) is 111 Å². The van der Waals surface area contributed by atoms with Crippen molar-refractivity contribution in [3.05, 3.63) is 141 Å². The third-order valence-corrected chi connectivity index (χ3v) is 9.72. The van der Waals surface area contributed by atoms with Crippen LogP contribution in [0.4, 0.5) is 9.52 Å². The molecule has 1 amide bonds. The predicted molar refractivity (Wildman–Crippen MR) is 177 cm³/mol. The number of hydrogen-bond acceptors (Lipinski definition) is 8. The summed E-state index contributed by atoms with van der Waals surface area (Å²) in [6, 6.07) is 27.2. The number of carbonyl (C=O) groups is 2. The van der Waals surface area contributed by atoms with Crippen LogP contribution in [0, 0.1) is 12.7 Å². The number of aliphatic hydroxyl groups excluding tert-OH is 1. The second kappa shape index (κ2) is 13.4. The molecule has 1 fully saturated rings. The highest BCUT2D eigenvalue weighted by atomic mass is 79.9. The molecule has 226 valence electrons. The normalized spacial score (nSPS) is 15.9. The van der Waals surface area contributed by atoms with Crippen LogP contribution in [0.1, 0.15) is 33.9 Å². The minimum absolute atomic E-state index is 0.0535. The topological polar surface area (TPSA) is 92.6 Å². The first-order valence-electron chi connectivity index (χ1n) is 13.8. The van der Waals surface area contributed by atoms with Crippen LogP contribution in [0.5, 0.6) is 5.75 Å². The summed E-state index contributed by atoms with van der Waals surface area (Å²) in [5.41, 5.74) is 4.00. The Bertz CT molecular complexity index is 1910. The number of thioether (sulfide) groups is 1. The number of amides is 1. The minimum Gasteiger partial charge on any atom is -0.507 e. The van der Waals surface area contributed by atoms with Gasteiger partial charge in [-0.1, -0.05) is 93.1 Å². The molecule has 0 saturated carbocycles. The molecule has 0 spiro atoms. The van der Waals surface area contributed by atoms with Gasteiger partial charge in [0, 0.05) is 15.8 Å². The van der Waals surface area contributed by atoms with Gasteiger partial charge in [-0.25, -0.2) is 4.39 Å². The van der Waals surface area contributed by atoms with E-state index in [0.717, 1.165) is 32.5 Å². The molecule has 1 aromatic heterocycles. The monoisotopic (exact) mass is 701 g/mol. The van der Waals surface area contributed by atoms with E-state index in [2.05, 4.69) is 26.1 Å². The molecular formula is C34H25BrFN3O4S2. The van der Waals surface area contributed by atoms with Gasteiger partial charge in [0.25, 0.3) is 5.78 Å². The summed E-state index contributed by atoms with van der Waals surface area (Å²) in [6.07, 6.45) is 0. The van der Waals surface area contributed by atoms with Gasteiger partial charge in [-0.15, -0.1) is 10.2 Å². The molecule has 1 aliphatic heterocycles. The molecular weight excluding hydrogens is 677 g/mol. The molecule has 0 aliphatic carbocycles. The van der Waals surface area contributed by atoms with Gasteiger partial charge in [0.15, 0.2) is 4.34 Å². The largest absolute Gasteiger partial charge is 0.507 e.